The highest BCUT2D eigenvalue weighted by atomic mass is 32.1. The van der Waals surface area contributed by atoms with Gasteiger partial charge in [-0.1, -0.05) is 45.1 Å². The van der Waals surface area contributed by atoms with E-state index in [1.54, 1.807) is 6.20 Å². The molecule has 0 saturated heterocycles. The summed E-state index contributed by atoms with van der Waals surface area (Å²) in [5.41, 5.74) is 9.20. The van der Waals surface area contributed by atoms with Gasteiger partial charge in [0.25, 0.3) is 0 Å². The lowest BCUT2D eigenvalue weighted by Gasteiger charge is -2.28. The summed E-state index contributed by atoms with van der Waals surface area (Å²) >= 11 is 4.05. The Morgan fingerprint density at radius 3 is 2.69 bits per heavy atom. The molecule has 0 radical (unpaired) electrons. The first-order valence-corrected chi connectivity index (χ1v) is 9.49. The van der Waals surface area contributed by atoms with Crippen LogP contribution in [0.25, 0.3) is 0 Å². The quantitative estimate of drug-likeness (QED) is 0.781. The van der Waals surface area contributed by atoms with Crippen LogP contribution in [-0.4, -0.2) is 35.5 Å². The molecule has 0 aliphatic carbocycles. The molecule has 1 aromatic heterocycles. The second kappa shape index (κ2) is 12.2. The Bertz CT molecular complexity index is 679. The summed E-state index contributed by atoms with van der Waals surface area (Å²) in [4.78, 5) is 6.78. The fourth-order valence-electron chi connectivity index (χ4n) is 2.76. The molecule has 0 saturated carbocycles. The van der Waals surface area contributed by atoms with Gasteiger partial charge in [0.2, 0.25) is 5.88 Å². The number of thiocarbonyl (C=S) groups is 1. The van der Waals surface area contributed by atoms with Gasteiger partial charge < -0.3 is 15.8 Å². The molecule has 0 unspecified atom stereocenters. The van der Waals surface area contributed by atoms with Crippen molar-refractivity contribution in [1.29, 1.82) is 0 Å². The standard InChI is InChI=1S/C17H21N3O.C2H6.CH3NS/c1-3-20-11-9-14-13(12-20)6-4-8-16(14)21-17-15(18-2)7-5-10-19-17;1-2;2-1-3/h4-8,10,18H,3,9,11-12H2,1-2H3;1-2H3;1H,(H2,2,3). The fraction of sp³-hybridized carbons (Fsp3) is 0.400. The van der Waals surface area contributed by atoms with E-state index < -0.39 is 0 Å². The molecule has 2 aromatic rings. The first-order valence-electron chi connectivity index (χ1n) is 9.02. The zero-order valence-corrected chi connectivity index (χ0v) is 17.0. The van der Waals surface area contributed by atoms with Crippen molar-refractivity contribution in [3.63, 3.8) is 0 Å². The van der Waals surface area contributed by atoms with Gasteiger partial charge in [-0.05, 0) is 36.7 Å². The number of hydrogen-bond acceptors (Lipinski definition) is 5. The molecule has 1 aromatic carbocycles. The highest BCUT2D eigenvalue weighted by Crippen LogP contribution is 2.33. The molecule has 3 N–H and O–H groups in total. The summed E-state index contributed by atoms with van der Waals surface area (Å²) in [5.74, 6) is 1.56. The maximum Gasteiger partial charge on any atom is 0.242 e. The molecule has 26 heavy (non-hydrogen) atoms. The van der Waals surface area contributed by atoms with Crippen LogP contribution in [0, 0.1) is 0 Å². The van der Waals surface area contributed by atoms with Gasteiger partial charge in [0, 0.05) is 31.9 Å². The smallest absolute Gasteiger partial charge is 0.242 e. The number of nitrogens with one attached hydrogen (secondary N) is 1. The molecule has 2 heterocycles. The van der Waals surface area contributed by atoms with E-state index in [2.05, 4.69) is 52.2 Å². The lowest BCUT2D eigenvalue weighted by molar-refractivity contribution is 0.265. The molecule has 5 nitrogen and oxygen atoms in total. The number of likely N-dealkylation sites (N-methyl/N-ethyl adjacent to an activating group) is 1. The average Bonchev–Trinajstić information content (AvgIpc) is 2.70. The van der Waals surface area contributed by atoms with E-state index in [4.69, 9.17) is 4.74 Å². The van der Waals surface area contributed by atoms with Crippen LogP contribution in [0.1, 0.15) is 31.9 Å². The number of fused-ring (bicyclic) bond motifs is 1. The minimum Gasteiger partial charge on any atom is -0.437 e. The third kappa shape index (κ3) is 5.97. The lowest BCUT2D eigenvalue weighted by Crippen LogP contribution is -2.30. The minimum absolute atomic E-state index is 0.631. The van der Waals surface area contributed by atoms with Crippen molar-refractivity contribution in [3.8, 4) is 11.6 Å². The topological polar surface area (TPSA) is 63.4 Å². The van der Waals surface area contributed by atoms with Gasteiger partial charge in [-0.2, -0.15) is 0 Å². The highest BCUT2D eigenvalue weighted by Gasteiger charge is 2.19. The SMILES string of the molecule is CC.CCN1CCc2c(cccc2Oc2ncccc2NC)C1.NC=S. The first-order chi connectivity index (χ1) is 12.7. The van der Waals surface area contributed by atoms with Crippen molar-refractivity contribution in [3.05, 3.63) is 47.7 Å². The fourth-order valence-corrected chi connectivity index (χ4v) is 2.76. The van der Waals surface area contributed by atoms with Crippen molar-refractivity contribution in [2.75, 3.05) is 25.5 Å². The third-order valence-corrected chi connectivity index (χ3v) is 4.00. The van der Waals surface area contributed by atoms with Gasteiger partial charge in [-0.25, -0.2) is 4.98 Å². The Balaban J connectivity index is 0.000000615. The van der Waals surface area contributed by atoms with Crippen LogP contribution < -0.4 is 15.8 Å². The van der Waals surface area contributed by atoms with Crippen molar-refractivity contribution in [2.24, 2.45) is 5.73 Å². The molecule has 0 bridgehead atoms. The van der Waals surface area contributed by atoms with Crippen LogP contribution in [0.3, 0.4) is 0 Å². The second-order valence-electron chi connectivity index (χ2n) is 5.36. The van der Waals surface area contributed by atoms with E-state index in [0.29, 0.717) is 5.88 Å². The Labute approximate surface area is 162 Å². The van der Waals surface area contributed by atoms with E-state index in [1.807, 2.05) is 39.1 Å². The van der Waals surface area contributed by atoms with Gasteiger partial charge in [-0.15, -0.1) is 0 Å². The number of hydrogen-bond donors (Lipinski definition) is 2. The number of anilines is 1. The molecule has 0 fully saturated rings. The number of aromatic nitrogens is 1. The summed E-state index contributed by atoms with van der Waals surface area (Å²) in [5, 5.41) is 3.12. The van der Waals surface area contributed by atoms with Crippen LogP contribution in [0.4, 0.5) is 5.69 Å². The van der Waals surface area contributed by atoms with Crippen LogP contribution in [-0.2, 0) is 13.0 Å². The number of ether oxygens (including phenoxy) is 1. The van der Waals surface area contributed by atoms with Crippen molar-refractivity contribution >= 4 is 23.4 Å². The Morgan fingerprint density at radius 2 is 2.04 bits per heavy atom. The van der Waals surface area contributed by atoms with Gasteiger partial charge in [0.1, 0.15) is 5.75 Å². The van der Waals surface area contributed by atoms with Crippen LogP contribution >= 0.6 is 12.2 Å². The van der Waals surface area contributed by atoms with Crippen LogP contribution in [0.15, 0.2) is 36.5 Å². The molecular weight excluding hydrogens is 344 g/mol. The van der Waals surface area contributed by atoms with Crippen LogP contribution in [0.2, 0.25) is 0 Å². The minimum atomic E-state index is 0.631. The van der Waals surface area contributed by atoms with Crippen molar-refractivity contribution in [1.82, 2.24) is 9.88 Å². The molecular formula is C20H30N4OS. The average molecular weight is 375 g/mol. The molecule has 3 rings (SSSR count). The van der Waals surface area contributed by atoms with Gasteiger partial charge in [0.15, 0.2) is 0 Å². The summed E-state index contributed by atoms with van der Waals surface area (Å²) in [6.45, 7) is 9.39. The predicted octanol–water partition coefficient (Wildman–Crippen LogP) is 4.22. The summed E-state index contributed by atoms with van der Waals surface area (Å²) < 4.78 is 6.08. The predicted molar refractivity (Wildman–Crippen MR) is 114 cm³/mol. The molecule has 6 heteroatoms. The van der Waals surface area contributed by atoms with E-state index in [-0.39, 0.29) is 0 Å². The zero-order valence-electron chi connectivity index (χ0n) is 16.2. The Morgan fingerprint density at radius 1 is 1.31 bits per heavy atom. The molecule has 0 spiro atoms. The maximum absolute atomic E-state index is 6.08. The Kier molecular flexibility index (Phi) is 10.3. The Hall–Kier alpha value is -2.18. The van der Waals surface area contributed by atoms with E-state index in [1.165, 1.54) is 11.1 Å². The van der Waals surface area contributed by atoms with Gasteiger partial charge >= 0.3 is 0 Å². The van der Waals surface area contributed by atoms with E-state index in [9.17, 15) is 0 Å². The highest BCUT2D eigenvalue weighted by molar-refractivity contribution is 7.78. The lowest BCUT2D eigenvalue weighted by atomic mass is 9.99. The number of nitrogens with two attached hydrogens (primary N) is 1. The molecule has 142 valence electrons. The van der Waals surface area contributed by atoms with E-state index in [0.717, 1.165) is 43.0 Å². The summed E-state index contributed by atoms with van der Waals surface area (Å²) in [6.07, 6.45) is 2.78. The second-order valence-corrected chi connectivity index (χ2v) is 5.63. The monoisotopic (exact) mass is 374 g/mol. The van der Waals surface area contributed by atoms with Crippen molar-refractivity contribution < 1.29 is 4.74 Å². The molecule has 0 amide bonds. The maximum atomic E-state index is 6.08. The number of rotatable bonds is 4. The van der Waals surface area contributed by atoms with Gasteiger partial charge in [-0.3, -0.25) is 4.90 Å². The number of nitrogens with zero attached hydrogens (tertiary/aromatic N) is 2. The number of pyridine rings is 1. The van der Waals surface area contributed by atoms with Crippen molar-refractivity contribution in [2.45, 2.75) is 33.7 Å². The molecule has 1 aliphatic heterocycles. The van der Waals surface area contributed by atoms with Crippen LogP contribution in [0.5, 0.6) is 11.6 Å². The normalized spacial score (nSPS) is 12.5. The summed E-state index contributed by atoms with van der Waals surface area (Å²) in [7, 11) is 1.88. The van der Waals surface area contributed by atoms with Gasteiger partial charge in [0.05, 0.1) is 11.2 Å². The van der Waals surface area contributed by atoms with E-state index >= 15 is 0 Å². The molecule has 1 aliphatic rings. The summed E-state index contributed by atoms with van der Waals surface area (Å²) in [6, 6.07) is 10.2. The zero-order chi connectivity index (χ0) is 19.4. The third-order valence-electron chi connectivity index (χ3n) is 4.00. The number of benzene rings is 1. The largest absolute Gasteiger partial charge is 0.437 e. The first kappa shape index (κ1) is 21.9. The molecule has 0 atom stereocenters.